The molecule has 2 rings (SSSR count). The molecule has 1 aromatic heterocycles. The maximum atomic E-state index is 8.37. The van der Waals surface area contributed by atoms with Crippen LogP contribution >= 0.6 is 0 Å². The number of aliphatic imine (C=N–C) groups is 1. The molecule has 116 valence electrons. The molecule has 0 radical (unpaired) electrons. The van der Waals surface area contributed by atoms with Gasteiger partial charge in [0.25, 0.3) is 0 Å². The van der Waals surface area contributed by atoms with Gasteiger partial charge in [-0.05, 0) is 32.6 Å². The molecule has 7 nitrogen and oxygen atoms in total. The second kappa shape index (κ2) is 7.43. The Labute approximate surface area is 129 Å². The summed E-state index contributed by atoms with van der Waals surface area (Å²) in [7, 11) is 4.01. The smallest absolute Gasteiger partial charge is 0.207 e. The Morgan fingerprint density at radius 2 is 2.32 bits per heavy atom. The number of ether oxygens (including phenoxy) is 1. The van der Waals surface area contributed by atoms with Crippen molar-refractivity contribution in [2.45, 2.75) is 19.4 Å². The van der Waals surface area contributed by atoms with E-state index >= 15 is 0 Å². The molecule has 0 aliphatic heterocycles. The number of nitrogens with zero attached hydrogens (tertiary/aromatic N) is 4. The number of aromatic nitrogens is 2. The molecule has 0 spiro atoms. The normalized spacial score (nSPS) is 11.8. The van der Waals surface area contributed by atoms with Gasteiger partial charge in [0.05, 0.1) is 24.2 Å². The Bertz CT molecular complexity index is 698. The van der Waals surface area contributed by atoms with Crippen molar-refractivity contribution in [3.05, 3.63) is 24.0 Å². The molecule has 0 saturated carbocycles. The van der Waals surface area contributed by atoms with Crippen molar-refractivity contribution < 1.29 is 4.74 Å². The number of amidine groups is 1. The van der Waals surface area contributed by atoms with Gasteiger partial charge in [-0.2, -0.15) is 10.3 Å². The molecule has 0 amide bonds. The number of aromatic amines is 1. The van der Waals surface area contributed by atoms with Crippen LogP contribution < -0.4 is 10.5 Å². The minimum atomic E-state index is 0.337. The van der Waals surface area contributed by atoms with E-state index in [4.69, 9.17) is 15.7 Å². The third-order valence-corrected chi connectivity index (χ3v) is 3.01. The van der Waals surface area contributed by atoms with Gasteiger partial charge in [-0.3, -0.25) is 0 Å². The van der Waals surface area contributed by atoms with Crippen LogP contribution in [0, 0.1) is 11.5 Å². The second-order valence-corrected chi connectivity index (χ2v) is 5.26. The van der Waals surface area contributed by atoms with Gasteiger partial charge < -0.3 is 20.4 Å². The number of rotatable bonds is 7. The van der Waals surface area contributed by atoms with Crippen LogP contribution in [0.3, 0.4) is 0 Å². The standard InChI is InChI=1S/C15H20N6O/c1-21(2)9-15-19-12-6-5-11(8-13(12)20-15)22-7-3-4-14(17)18-10-16/h5-6,8H,3-4,7,9H2,1-2H3,(H2,17,18)(H,19,20). The third kappa shape index (κ3) is 4.46. The summed E-state index contributed by atoms with van der Waals surface area (Å²) in [4.78, 5) is 13.3. The molecule has 0 atom stereocenters. The average Bonchev–Trinajstić information content (AvgIpc) is 2.84. The number of fused-ring (bicyclic) bond motifs is 1. The molecule has 1 heterocycles. The number of hydrogen-bond acceptors (Lipinski definition) is 5. The van der Waals surface area contributed by atoms with Crippen molar-refractivity contribution >= 4 is 16.9 Å². The summed E-state index contributed by atoms with van der Waals surface area (Å²) in [5.74, 6) is 2.05. The van der Waals surface area contributed by atoms with Crippen LogP contribution in [-0.2, 0) is 6.54 Å². The first-order valence-electron chi connectivity index (χ1n) is 7.06. The molecular formula is C15H20N6O. The van der Waals surface area contributed by atoms with Gasteiger partial charge in [0.2, 0.25) is 6.19 Å². The first-order valence-corrected chi connectivity index (χ1v) is 7.06. The zero-order valence-corrected chi connectivity index (χ0v) is 12.8. The molecule has 0 aliphatic carbocycles. The fourth-order valence-corrected chi connectivity index (χ4v) is 2.07. The highest BCUT2D eigenvalue weighted by atomic mass is 16.5. The number of H-pyrrole nitrogens is 1. The van der Waals surface area contributed by atoms with Crippen LogP contribution in [0.25, 0.3) is 11.0 Å². The fraction of sp³-hybridized carbons (Fsp3) is 0.400. The molecular weight excluding hydrogens is 280 g/mol. The quantitative estimate of drug-likeness (QED) is 0.350. The Morgan fingerprint density at radius 3 is 3.05 bits per heavy atom. The molecule has 0 unspecified atom stereocenters. The fourth-order valence-electron chi connectivity index (χ4n) is 2.07. The highest BCUT2D eigenvalue weighted by Gasteiger charge is 2.05. The Balaban J connectivity index is 1.92. The predicted molar refractivity (Wildman–Crippen MR) is 85.4 cm³/mol. The molecule has 1 aromatic carbocycles. The SMILES string of the molecule is CN(C)Cc1nc2ccc(OCCCC(N)=NC#N)cc2[nH]1. The predicted octanol–water partition coefficient (Wildman–Crippen LogP) is 1.62. The molecule has 0 aliphatic rings. The lowest BCUT2D eigenvalue weighted by atomic mass is 10.3. The van der Waals surface area contributed by atoms with Crippen LogP contribution in [0.1, 0.15) is 18.7 Å². The summed E-state index contributed by atoms with van der Waals surface area (Å²) < 4.78 is 5.68. The maximum absolute atomic E-state index is 8.37. The summed E-state index contributed by atoms with van der Waals surface area (Å²) in [6.07, 6.45) is 2.93. The van der Waals surface area contributed by atoms with E-state index in [9.17, 15) is 0 Å². The zero-order chi connectivity index (χ0) is 15.9. The summed E-state index contributed by atoms with van der Waals surface area (Å²) in [5, 5.41) is 8.37. The van der Waals surface area contributed by atoms with E-state index < -0.39 is 0 Å². The molecule has 2 aromatic rings. The third-order valence-electron chi connectivity index (χ3n) is 3.01. The summed E-state index contributed by atoms with van der Waals surface area (Å²) in [6, 6.07) is 5.77. The molecule has 7 heteroatoms. The van der Waals surface area contributed by atoms with Crippen molar-refractivity contribution in [3.8, 4) is 11.9 Å². The van der Waals surface area contributed by atoms with E-state index in [0.717, 1.165) is 29.2 Å². The van der Waals surface area contributed by atoms with Gasteiger partial charge in [0.1, 0.15) is 17.4 Å². The Kier molecular flexibility index (Phi) is 5.33. The van der Waals surface area contributed by atoms with Crippen LogP contribution in [0.15, 0.2) is 23.2 Å². The van der Waals surface area contributed by atoms with Crippen molar-refractivity contribution in [2.75, 3.05) is 20.7 Å². The summed E-state index contributed by atoms with van der Waals surface area (Å²) in [5.41, 5.74) is 7.42. The van der Waals surface area contributed by atoms with E-state index in [0.29, 0.717) is 25.3 Å². The molecule has 0 fully saturated rings. The van der Waals surface area contributed by atoms with Crippen LogP contribution in [0.4, 0.5) is 0 Å². The van der Waals surface area contributed by atoms with Gasteiger partial charge in [-0.15, -0.1) is 0 Å². The van der Waals surface area contributed by atoms with E-state index in [1.165, 1.54) is 0 Å². The number of benzene rings is 1. The van der Waals surface area contributed by atoms with Crippen molar-refractivity contribution in [1.29, 1.82) is 5.26 Å². The highest BCUT2D eigenvalue weighted by molar-refractivity contribution is 5.81. The van der Waals surface area contributed by atoms with Gasteiger partial charge in [0.15, 0.2) is 0 Å². The van der Waals surface area contributed by atoms with Gasteiger partial charge in [-0.1, -0.05) is 0 Å². The molecule has 0 saturated heterocycles. The largest absolute Gasteiger partial charge is 0.494 e. The minimum Gasteiger partial charge on any atom is -0.494 e. The number of nitriles is 1. The van der Waals surface area contributed by atoms with Gasteiger partial charge >= 0.3 is 0 Å². The molecule has 3 N–H and O–H groups in total. The second-order valence-electron chi connectivity index (χ2n) is 5.26. The molecule has 0 bridgehead atoms. The van der Waals surface area contributed by atoms with Crippen LogP contribution in [0.2, 0.25) is 0 Å². The van der Waals surface area contributed by atoms with Crippen molar-refractivity contribution in [2.24, 2.45) is 10.7 Å². The molecule has 22 heavy (non-hydrogen) atoms. The van der Waals surface area contributed by atoms with E-state index in [1.807, 2.05) is 32.3 Å². The van der Waals surface area contributed by atoms with Crippen LogP contribution in [0.5, 0.6) is 5.75 Å². The summed E-state index contributed by atoms with van der Waals surface area (Å²) >= 11 is 0. The van der Waals surface area contributed by atoms with Crippen molar-refractivity contribution in [1.82, 2.24) is 14.9 Å². The Hall–Kier alpha value is -2.59. The van der Waals surface area contributed by atoms with E-state index in [2.05, 4.69) is 19.9 Å². The Morgan fingerprint density at radius 1 is 1.50 bits per heavy atom. The maximum Gasteiger partial charge on any atom is 0.207 e. The van der Waals surface area contributed by atoms with Gasteiger partial charge in [-0.25, -0.2) is 4.98 Å². The summed E-state index contributed by atoms with van der Waals surface area (Å²) in [6.45, 7) is 1.29. The minimum absolute atomic E-state index is 0.337. The van der Waals surface area contributed by atoms with Crippen LogP contribution in [-0.4, -0.2) is 41.4 Å². The monoisotopic (exact) mass is 300 g/mol. The first kappa shape index (κ1) is 15.8. The lowest BCUT2D eigenvalue weighted by Gasteiger charge is -2.05. The number of nitrogens with two attached hydrogens (primary N) is 1. The zero-order valence-electron chi connectivity index (χ0n) is 12.8. The first-order chi connectivity index (χ1) is 10.6. The van der Waals surface area contributed by atoms with Crippen molar-refractivity contribution in [3.63, 3.8) is 0 Å². The lowest BCUT2D eigenvalue weighted by Crippen LogP contribution is -2.12. The number of imidazole rings is 1. The topological polar surface area (TPSA) is 103 Å². The van der Waals surface area contributed by atoms with E-state index in [-0.39, 0.29) is 0 Å². The number of nitrogens with one attached hydrogen (secondary N) is 1. The highest BCUT2D eigenvalue weighted by Crippen LogP contribution is 2.19. The van der Waals surface area contributed by atoms with E-state index in [1.54, 1.807) is 6.19 Å². The lowest BCUT2D eigenvalue weighted by molar-refractivity contribution is 0.314. The average molecular weight is 300 g/mol. The van der Waals surface area contributed by atoms with Gasteiger partial charge in [0, 0.05) is 12.5 Å². The number of hydrogen-bond donors (Lipinski definition) is 2.